The maximum Gasteiger partial charge on any atom is 0.236 e. The summed E-state index contributed by atoms with van der Waals surface area (Å²) in [5, 5.41) is 3.26. The second kappa shape index (κ2) is 5.61. The van der Waals surface area contributed by atoms with Crippen molar-refractivity contribution in [2.75, 3.05) is 66.0 Å². The third-order valence-corrected chi connectivity index (χ3v) is 3.42. The van der Waals surface area contributed by atoms with E-state index in [-0.39, 0.29) is 0 Å². The SMILES string of the molecule is [13CH3][15N]1[13CH2][13CH2]N(CC(=O)N2CCN[13CH2][13CH2]2)[13CH2][13CH2]1. The van der Waals surface area contributed by atoms with Gasteiger partial charge >= 0.3 is 0 Å². The molecule has 0 saturated carbocycles. The summed E-state index contributed by atoms with van der Waals surface area (Å²) in [4.78, 5) is 18.6. The van der Waals surface area contributed by atoms with E-state index in [4.69, 9.17) is 0 Å². The molecule has 5 nitrogen and oxygen atoms in total. The summed E-state index contributed by atoms with van der Waals surface area (Å²) in [6, 6.07) is 0. The molecule has 2 fully saturated rings. The fraction of sp³-hybridized carbons (Fsp3) is 0.909. The van der Waals surface area contributed by atoms with Gasteiger partial charge in [-0.15, -0.1) is 0 Å². The molecule has 2 rings (SSSR count). The van der Waals surface area contributed by atoms with Crippen LogP contribution < -0.4 is 5.32 Å². The normalized spacial score (nSPS) is 24.7. The quantitative estimate of drug-likeness (QED) is 0.474. The van der Waals surface area contributed by atoms with Crippen molar-refractivity contribution in [3.05, 3.63) is 0 Å². The smallest absolute Gasteiger partial charge is 0.236 e. The standard InChI is InChI=1S/C11H22N4O/c1-13-6-8-14(9-7-13)10-11(16)15-4-2-12-3-5-15/h12H,2-10H2,1H3/i1+1,2+1,4+1,6+1,7+1,8+1,9+1,13+1. The molecule has 92 valence electrons. The van der Waals surface area contributed by atoms with Crippen LogP contribution in [0.1, 0.15) is 0 Å². The minimum atomic E-state index is 0.297. The largest absolute Gasteiger partial charge is 0.339 e. The molecule has 0 aromatic carbocycles. The third kappa shape index (κ3) is 3.17. The molecule has 0 aromatic heterocycles. The van der Waals surface area contributed by atoms with E-state index in [1.165, 1.54) is 0 Å². The van der Waals surface area contributed by atoms with Crippen LogP contribution in [0.3, 0.4) is 0 Å². The third-order valence-electron chi connectivity index (χ3n) is 3.42. The first-order valence-electron chi connectivity index (χ1n) is 6.15. The summed E-state index contributed by atoms with van der Waals surface area (Å²) in [6.07, 6.45) is 0. The molecule has 5 heteroatoms. The Morgan fingerprint density at radius 2 is 1.69 bits per heavy atom. The number of carbonyl (C=O) groups is 1. The topological polar surface area (TPSA) is 38.8 Å². The molecule has 0 aromatic rings. The fourth-order valence-corrected chi connectivity index (χ4v) is 2.21. The van der Waals surface area contributed by atoms with Crippen molar-refractivity contribution < 1.29 is 4.79 Å². The van der Waals surface area contributed by atoms with E-state index in [0.29, 0.717) is 12.5 Å². The van der Waals surface area contributed by atoms with E-state index in [9.17, 15) is 4.79 Å². The first-order chi connectivity index (χ1) is 7.75. The van der Waals surface area contributed by atoms with Crippen molar-refractivity contribution in [1.29, 1.82) is 0 Å². The van der Waals surface area contributed by atoms with Crippen molar-refractivity contribution in [1.82, 2.24) is 20.0 Å². The van der Waals surface area contributed by atoms with E-state index >= 15 is 0 Å². The predicted molar refractivity (Wildman–Crippen MR) is 63.4 cm³/mol. The minimum absolute atomic E-state index is 0.297. The summed E-state index contributed by atoms with van der Waals surface area (Å²) in [7, 11) is 2.13. The zero-order chi connectivity index (χ0) is 11.4. The van der Waals surface area contributed by atoms with Gasteiger partial charge in [0.15, 0.2) is 0 Å². The number of carbonyl (C=O) groups excluding carboxylic acids is 1. The number of hydrogen-bond donors (Lipinski definition) is 1. The highest BCUT2D eigenvalue weighted by Crippen LogP contribution is 2.01. The lowest BCUT2D eigenvalue weighted by Gasteiger charge is -2.34. The number of piperazine rings is 2. The van der Waals surface area contributed by atoms with E-state index < -0.39 is 0 Å². The molecule has 2 heterocycles. The van der Waals surface area contributed by atoms with Crippen LogP contribution in [0, 0.1) is 0 Å². The van der Waals surface area contributed by atoms with Gasteiger partial charge in [-0.05, 0) is 7.05 Å². The molecule has 0 bridgehead atoms. The molecule has 1 N–H and O–H groups in total. The lowest BCUT2D eigenvalue weighted by molar-refractivity contribution is -0.133. The Labute approximate surface area is 97.4 Å². The lowest BCUT2D eigenvalue weighted by Crippen LogP contribution is -2.52. The van der Waals surface area contributed by atoms with Gasteiger partial charge in [0.1, 0.15) is 0 Å². The maximum atomic E-state index is 12.0. The molecule has 0 spiro atoms. The second-order valence-corrected chi connectivity index (χ2v) is 4.71. The first-order valence-corrected chi connectivity index (χ1v) is 6.15. The van der Waals surface area contributed by atoms with E-state index in [1.54, 1.807) is 0 Å². The van der Waals surface area contributed by atoms with Crippen molar-refractivity contribution >= 4 is 5.91 Å². The van der Waals surface area contributed by atoms with Gasteiger partial charge in [0.2, 0.25) is 5.91 Å². The van der Waals surface area contributed by atoms with Crippen LogP contribution in [-0.2, 0) is 4.79 Å². The molecule has 0 aliphatic carbocycles. The predicted octanol–water partition coefficient (Wildman–Crippen LogP) is -1.33. The Morgan fingerprint density at radius 3 is 2.31 bits per heavy atom. The summed E-state index contributed by atoms with van der Waals surface area (Å²) < 4.78 is 0. The lowest BCUT2D eigenvalue weighted by atomic mass is 10.5. The fourth-order valence-electron chi connectivity index (χ4n) is 2.21. The van der Waals surface area contributed by atoms with Gasteiger partial charge in [-0.25, -0.2) is 0 Å². The van der Waals surface area contributed by atoms with Gasteiger partial charge in [0, 0.05) is 52.4 Å². The summed E-state index contributed by atoms with van der Waals surface area (Å²) in [6.45, 7) is 8.42. The minimum Gasteiger partial charge on any atom is -0.339 e. The van der Waals surface area contributed by atoms with Crippen LogP contribution in [0.15, 0.2) is 0 Å². The van der Waals surface area contributed by atoms with Crippen molar-refractivity contribution in [2.24, 2.45) is 0 Å². The van der Waals surface area contributed by atoms with Crippen molar-refractivity contribution in [2.45, 2.75) is 0 Å². The van der Waals surface area contributed by atoms with Crippen LogP contribution in [0.25, 0.3) is 0 Å². The van der Waals surface area contributed by atoms with E-state index in [0.717, 1.165) is 52.4 Å². The molecule has 0 radical (unpaired) electrons. The highest BCUT2D eigenvalue weighted by atomic mass is 16.2. The molecule has 1 amide bonds. The van der Waals surface area contributed by atoms with Crippen LogP contribution in [0.4, 0.5) is 0 Å². The average Bonchev–Trinajstić information content (AvgIpc) is 2.33. The monoisotopic (exact) mass is 234 g/mol. The van der Waals surface area contributed by atoms with Gasteiger partial charge < -0.3 is 15.1 Å². The Bertz CT molecular complexity index is 232. The molecule has 0 atom stereocenters. The van der Waals surface area contributed by atoms with Gasteiger partial charge in [-0.2, -0.15) is 0 Å². The van der Waals surface area contributed by atoms with Crippen LogP contribution >= 0.6 is 0 Å². The zero-order valence-electron chi connectivity index (χ0n) is 10.1. The molecule has 0 unspecified atom stereocenters. The molecule has 2 aliphatic heterocycles. The highest BCUT2D eigenvalue weighted by Gasteiger charge is 2.21. The molecular weight excluding hydrogens is 212 g/mol. The van der Waals surface area contributed by atoms with E-state index in [2.05, 4.69) is 22.2 Å². The average molecular weight is 234 g/mol. The first kappa shape index (κ1) is 11.8. The van der Waals surface area contributed by atoms with Crippen molar-refractivity contribution in [3.8, 4) is 0 Å². The van der Waals surface area contributed by atoms with Crippen LogP contribution in [0.5, 0.6) is 0 Å². The Balaban J connectivity index is 1.73. The summed E-state index contributed by atoms with van der Waals surface area (Å²) in [5.74, 6) is 0.297. The Kier molecular flexibility index (Phi) is 4.15. The summed E-state index contributed by atoms with van der Waals surface area (Å²) in [5.41, 5.74) is 0. The highest BCUT2D eigenvalue weighted by molar-refractivity contribution is 5.78. The Morgan fingerprint density at radius 1 is 1.06 bits per heavy atom. The van der Waals surface area contributed by atoms with Gasteiger partial charge in [-0.3, -0.25) is 9.69 Å². The number of rotatable bonds is 2. The molecule has 2 saturated heterocycles. The van der Waals surface area contributed by atoms with Gasteiger partial charge in [0.05, 0.1) is 6.54 Å². The number of nitrogens with one attached hydrogen (secondary N) is 1. The number of likely N-dealkylation sites (N-methyl/N-ethyl adjacent to an activating group) is 1. The summed E-state index contributed by atoms with van der Waals surface area (Å²) >= 11 is 0. The number of amides is 1. The van der Waals surface area contributed by atoms with Crippen LogP contribution in [-0.4, -0.2) is 86.6 Å². The number of nitrogens with zero attached hydrogens (tertiary/aromatic N) is 3. The zero-order valence-corrected chi connectivity index (χ0v) is 10.1. The van der Waals surface area contributed by atoms with Crippen molar-refractivity contribution in [3.63, 3.8) is 0 Å². The molecular formula is C11H22N4O. The number of hydrogen-bond acceptors (Lipinski definition) is 4. The Hall–Kier alpha value is -0.650. The van der Waals surface area contributed by atoms with Gasteiger partial charge in [0.25, 0.3) is 0 Å². The van der Waals surface area contributed by atoms with E-state index in [1.807, 2.05) is 4.90 Å². The van der Waals surface area contributed by atoms with Crippen LogP contribution in [0.2, 0.25) is 0 Å². The molecule has 2 aliphatic rings. The maximum absolute atomic E-state index is 12.0. The molecule has 16 heavy (non-hydrogen) atoms. The second-order valence-electron chi connectivity index (χ2n) is 4.71. The van der Waals surface area contributed by atoms with Gasteiger partial charge in [-0.1, -0.05) is 0 Å².